The summed E-state index contributed by atoms with van der Waals surface area (Å²) >= 11 is 1.37. The van der Waals surface area contributed by atoms with E-state index in [9.17, 15) is 10.2 Å². The Kier molecular flexibility index (Phi) is 14.0. The SMILES string of the molecule is CC(C)(C)[Si](C)(C)OC[C@H]1O[C@H](Sc2ccccc2)[C@@H](O)[C@@H](O[C@@H]2O[C@@H]3COC(c4ccccc4)O[C@H]3[C@H](OCc3ccccc3)[C@H]2OCc2ccccc2)[C@@H]1O. The fraction of sp³-hybridized carbons (Fsp3) is 0.467. The Bertz CT molecular complexity index is 1800. The van der Waals surface area contributed by atoms with Crippen molar-refractivity contribution in [1.82, 2.24) is 0 Å². The number of hydrogen-bond acceptors (Lipinski definition) is 11. The van der Waals surface area contributed by atoms with Crippen LogP contribution in [-0.2, 0) is 50.8 Å². The van der Waals surface area contributed by atoms with Crippen molar-refractivity contribution in [2.24, 2.45) is 0 Å². The minimum Gasteiger partial charge on any atom is -0.414 e. The molecule has 3 aliphatic heterocycles. The van der Waals surface area contributed by atoms with Crippen LogP contribution in [0.4, 0.5) is 0 Å². The van der Waals surface area contributed by atoms with Gasteiger partial charge in [-0.2, -0.15) is 0 Å². The maximum Gasteiger partial charge on any atom is 0.192 e. The molecule has 7 rings (SSSR count). The Labute approximate surface area is 341 Å². The number of benzene rings is 4. The van der Waals surface area contributed by atoms with E-state index in [2.05, 4.69) is 33.9 Å². The molecular formula is C45H56O10SSi. The van der Waals surface area contributed by atoms with Gasteiger partial charge in [-0.05, 0) is 41.4 Å². The zero-order valence-corrected chi connectivity index (χ0v) is 35.1. The van der Waals surface area contributed by atoms with Crippen molar-refractivity contribution < 1.29 is 47.8 Å². The van der Waals surface area contributed by atoms with Crippen molar-refractivity contribution in [2.45, 2.75) is 124 Å². The van der Waals surface area contributed by atoms with Gasteiger partial charge in [-0.25, -0.2) is 0 Å². The number of hydrogen-bond donors (Lipinski definition) is 2. The Balaban J connectivity index is 1.20. The highest BCUT2D eigenvalue weighted by Gasteiger charge is 2.55. The van der Waals surface area contributed by atoms with Crippen LogP contribution < -0.4 is 0 Å². The second-order valence-electron chi connectivity index (χ2n) is 16.4. The Morgan fingerprint density at radius 3 is 1.84 bits per heavy atom. The lowest BCUT2D eigenvalue weighted by atomic mass is 9.96. The maximum atomic E-state index is 12.1. The summed E-state index contributed by atoms with van der Waals surface area (Å²) in [5.41, 5.74) is 2.02. The molecule has 4 aromatic rings. The highest BCUT2D eigenvalue weighted by Crippen LogP contribution is 2.42. The fourth-order valence-electron chi connectivity index (χ4n) is 6.93. The highest BCUT2D eigenvalue weighted by atomic mass is 32.2. The Hall–Kier alpha value is -2.95. The van der Waals surface area contributed by atoms with Crippen LogP contribution in [0.1, 0.15) is 43.8 Å². The molecule has 10 nitrogen and oxygen atoms in total. The van der Waals surface area contributed by atoms with E-state index in [0.717, 1.165) is 21.6 Å². The van der Waals surface area contributed by atoms with Gasteiger partial charge < -0.3 is 47.8 Å². The number of ether oxygens (including phenoxy) is 7. The van der Waals surface area contributed by atoms with E-state index < -0.39 is 75.2 Å². The Morgan fingerprint density at radius 1 is 0.684 bits per heavy atom. The predicted octanol–water partition coefficient (Wildman–Crippen LogP) is 7.64. The molecule has 3 saturated heterocycles. The van der Waals surface area contributed by atoms with Gasteiger partial charge in [-0.1, -0.05) is 142 Å². The molecule has 3 fully saturated rings. The van der Waals surface area contributed by atoms with Gasteiger partial charge in [0.2, 0.25) is 0 Å². The van der Waals surface area contributed by atoms with E-state index in [-0.39, 0.29) is 31.5 Å². The quantitative estimate of drug-likeness (QED) is 0.123. The van der Waals surface area contributed by atoms with Crippen molar-refractivity contribution in [3.8, 4) is 0 Å². The van der Waals surface area contributed by atoms with Gasteiger partial charge in [0.25, 0.3) is 0 Å². The summed E-state index contributed by atoms with van der Waals surface area (Å²) in [6.45, 7) is 11.6. The van der Waals surface area contributed by atoms with E-state index in [0.29, 0.717) is 0 Å². The molecule has 57 heavy (non-hydrogen) atoms. The second kappa shape index (κ2) is 19.0. The second-order valence-corrected chi connectivity index (χ2v) is 22.4. The molecule has 3 heterocycles. The van der Waals surface area contributed by atoms with Crippen LogP contribution in [0.2, 0.25) is 18.1 Å². The molecule has 0 aliphatic carbocycles. The first-order valence-corrected chi connectivity index (χ1v) is 23.6. The molecule has 306 valence electrons. The third-order valence-corrected chi connectivity index (χ3v) is 16.9. The molecule has 3 aliphatic rings. The average molecular weight is 817 g/mol. The van der Waals surface area contributed by atoms with Crippen molar-refractivity contribution in [2.75, 3.05) is 13.2 Å². The van der Waals surface area contributed by atoms with Crippen LogP contribution in [0.5, 0.6) is 0 Å². The third kappa shape index (κ3) is 10.4. The fourth-order valence-corrected chi connectivity index (χ4v) is 9.02. The topological polar surface area (TPSA) is 114 Å². The predicted molar refractivity (Wildman–Crippen MR) is 220 cm³/mol. The average Bonchev–Trinajstić information content (AvgIpc) is 3.22. The molecule has 0 aromatic heterocycles. The van der Waals surface area contributed by atoms with Gasteiger partial charge in [0.15, 0.2) is 20.9 Å². The van der Waals surface area contributed by atoms with Crippen LogP contribution >= 0.6 is 11.8 Å². The molecule has 0 radical (unpaired) electrons. The summed E-state index contributed by atoms with van der Waals surface area (Å²) in [7, 11) is -2.24. The number of fused-ring (bicyclic) bond motifs is 1. The highest BCUT2D eigenvalue weighted by molar-refractivity contribution is 7.99. The summed E-state index contributed by atoms with van der Waals surface area (Å²) in [5.74, 6) is 0. The maximum absolute atomic E-state index is 12.1. The third-order valence-electron chi connectivity index (χ3n) is 11.3. The zero-order chi connectivity index (χ0) is 40.0. The van der Waals surface area contributed by atoms with E-state index >= 15 is 0 Å². The summed E-state index contributed by atoms with van der Waals surface area (Å²) < 4.78 is 53.1. The first-order chi connectivity index (χ1) is 27.5. The van der Waals surface area contributed by atoms with Crippen LogP contribution in [-0.4, -0.2) is 92.3 Å². The molecule has 4 aromatic carbocycles. The van der Waals surface area contributed by atoms with Crippen molar-refractivity contribution in [3.05, 3.63) is 138 Å². The standard InChI is InChI=1S/C45H56O10SSi/c1-45(2,3)57(4,5)51-29-34-36(46)39(37(47)44(53-34)56-33-24-16-9-17-25-33)55-43-41(49-27-31-20-12-7-13-21-31)40(48-26-30-18-10-6-11-19-30)38-35(52-43)28-50-42(54-38)32-22-14-8-15-23-32/h6-25,34-44,46-47H,26-29H2,1-5H3/t34-,35-,36-,37+,38-,39+,40+,41-,42?,43+,44-/m1/s1. The van der Waals surface area contributed by atoms with Gasteiger partial charge >= 0.3 is 0 Å². The molecule has 11 atom stereocenters. The minimum absolute atomic E-state index is 0.0611. The summed E-state index contributed by atoms with van der Waals surface area (Å²) in [6.07, 6.45) is -8.99. The first-order valence-electron chi connectivity index (χ1n) is 19.8. The van der Waals surface area contributed by atoms with Gasteiger partial charge in [0, 0.05) is 10.5 Å². The van der Waals surface area contributed by atoms with Gasteiger partial charge in [0.05, 0.1) is 26.4 Å². The summed E-state index contributed by atoms with van der Waals surface area (Å²) in [5, 5.41) is 24.0. The number of aliphatic hydroxyl groups excluding tert-OH is 2. The van der Waals surface area contributed by atoms with E-state index in [4.69, 9.17) is 37.6 Å². The largest absolute Gasteiger partial charge is 0.414 e. The molecule has 0 spiro atoms. The van der Waals surface area contributed by atoms with Crippen LogP contribution in [0.3, 0.4) is 0 Å². The lowest BCUT2D eigenvalue weighted by molar-refractivity contribution is -0.386. The normalized spacial score (nSPS) is 30.8. The molecule has 0 saturated carbocycles. The van der Waals surface area contributed by atoms with Gasteiger partial charge in [0.1, 0.15) is 54.3 Å². The minimum atomic E-state index is -2.24. The van der Waals surface area contributed by atoms with E-state index in [1.807, 2.05) is 121 Å². The molecule has 0 amide bonds. The summed E-state index contributed by atoms with van der Waals surface area (Å²) in [6, 6.07) is 39.3. The lowest BCUT2D eigenvalue weighted by Crippen LogP contribution is -2.66. The lowest BCUT2D eigenvalue weighted by Gasteiger charge is -2.51. The molecular weight excluding hydrogens is 761 g/mol. The first kappa shape index (κ1) is 42.2. The summed E-state index contributed by atoms with van der Waals surface area (Å²) in [4.78, 5) is 0.903. The Morgan fingerprint density at radius 2 is 1.25 bits per heavy atom. The van der Waals surface area contributed by atoms with Crippen molar-refractivity contribution in [1.29, 1.82) is 0 Å². The smallest absolute Gasteiger partial charge is 0.192 e. The number of aliphatic hydroxyl groups is 2. The molecule has 0 bridgehead atoms. The van der Waals surface area contributed by atoms with Crippen molar-refractivity contribution in [3.63, 3.8) is 0 Å². The monoisotopic (exact) mass is 816 g/mol. The number of rotatable bonds is 14. The van der Waals surface area contributed by atoms with Crippen molar-refractivity contribution >= 4 is 20.1 Å². The molecule has 2 N–H and O–H groups in total. The van der Waals surface area contributed by atoms with Crippen LogP contribution in [0.15, 0.2) is 126 Å². The van der Waals surface area contributed by atoms with E-state index in [1.54, 1.807) is 0 Å². The van der Waals surface area contributed by atoms with Gasteiger partial charge in [-0.3, -0.25) is 0 Å². The zero-order valence-electron chi connectivity index (χ0n) is 33.3. The van der Waals surface area contributed by atoms with Gasteiger partial charge in [-0.15, -0.1) is 0 Å². The van der Waals surface area contributed by atoms with Crippen LogP contribution in [0.25, 0.3) is 0 Å². The van der Waals surface area contributed by atoms with Crippen LogP contribution in [0, 0.1) is 0 Å². The molecule has 1 unspecified atom stereocenters. The van der Waals surface area contributed by atoms with E-state index in [1.165, 1.54) is 11.8 Å². The number of thioether (sulfide) groups is 1. The molecule has 12 heteroatoms.